The van der Waals surface area contributed by atoms with E-state index in [1.54, 1.807) is 6.07 Å². The topological polar surface area (TPSA) is 166 Å². The molecule has 0 unspecified atom stereocenters. The minimum Gasteiger partial charge on any atom is -0.473 e. The predicted octanol–water partition coefficient (Wildman–Crippen LogP) is 4.13. The number of likely N-dealkylation sites (N-methyl/N-ethyl adjacent to an activating group) is 1. The van der Waals surface area contributed by atoms with Crippen molar-refractivity contribution in [2.45, 2.75) is 75.9 Å². The molecule has 1 saturated heterocycles. The summed E-state index contributed by atoms with van der Waals surface area (Å²) in [6.45, 7) is 3.04. The van der Waals surface area contributed by atoms with E-state index in [-0.39, 0.29) is 35.3 Å². The zero-order chi connectivity index (χ0) is 29.4. The molecule has 6 rings (SSSR count). The normalized spacial score (nSPS) is 24.2. The highest BCUT2D eigenvalue weighted by molar-refractivity contribution is 7.16. The smallest absolute Gasteiger partial charge is 0.226 e. The molecule has 42 heavy (non-hydrogen) atoms. The van der Waals surface area contributed by atoms with Crippen molar-refractivity contribution in [1.29, 1.82) is 5.26 Å². The van der Waals surface area contributed by atoms with Gasteiger partial charge < -0.3 is 20.9 Å². The molecule has 3 aliphatic rings. The average Bonchev–Trinajstić information content (AvgIpc) is 3.57. The van der Waals surface area contributed by atoms with Crippen molar-refractivity contribution in [1.82, 2.24) is 24.8 Å². The fourth-order valence-corrected chi connectivity index (χ4v) is 7.97. The molecule has 0 radical (unpaired) electrons. The van der Waals surface area contributed by atoms with E-state index < -0.39 is 5.41 Å². The molecule has 0 bridgehead atoms. The van der Waals surface area contributed by atoms with Crippen molar-refractivity contribution in [3.63, 3.8) is 0 Å². The van der Waals surface area contributed by atoms with E-state index in [0.29, 0.717) is 47.0 Å². The molecular weight excluding hydrogens is 552 g/mol. The van der Waals surface area contributed by atoms with Gasteiger partial charge in [-0.3, -0.25) is 9.69 Å². The van der Waals surface area contributed by atoms with Gasteiger partial charge in [-0.05, 0) is 77.4 Å². The standard InChI is InChI=1S/C30H34N8O3S/c1-17(21-7-5-11-38(21)2)40-23-12-24(41-18-14-34-16-35-15-18)37-29(36-23)26(32)19-6-3-9-30(27(19)39)10-4-8-22-25(30)20(13-31)28(33)42-22/h12,14-17,21H,3-11,32-33H2,1-2H3/t17-,21-,30-/m0/s1. The quantitative estimate of drug-likeness (QED) is 0.399. The summed E-state index contributed by atoms with van der Waals surface area (Å²) in [5, 5.41) is 10.4. The first-order chi connectivity index (χ1) is 20.3. The van der Waals surface area contributed by atoms with E-state index in [1.165, 1.54) is 30.1 Å². The Hall–Kier alpha value is -4.08. The molecule has 3 aromatic heterocycles. The predicted molar refractivity (Wildman–Crippen MR) is 158 cm³/mol. The van der Waals surface area contributed by atoms with Gasteiger partial charge in [0.15, 0.2) is 17.4 Å². The molecule has 3 atom stereocenters. The van der Waals surface area contributed by atoms with Gasteiger partial charge in [0.05, 0.1) is 35.1 Å². The van der Waals surface area contributed by atoms with Crippen LogP contribution in [0.25, 0.3) is 5.70 Å². The van der Waals surface area contributed by atoms with E-state index in [2.05, 4.69) is 38.0 Å². The average molecular weight is 587 g/mol. The highest BCUT2D eigenvalue weighted by Crippen LogP contribution is 2.52. The molecule has 1 spiro atoms. The molecule has 12 heteroatoms. The van der Waals surface area contributed by atoms with Gasteiger partial charge in [0.2, 0.25) is 11.8 Å². The Morgan fingerprint density at radius 2 is 1.93 bits per heavy atom. The second-order valence-corrected chi connectivity index (χ2v) is 12.5. The number of ether oxygens (including phenoxy) is 2. The molecule has 2 fully saturated rings. The van der Waals surface area contributed by atoms with Gasteiger partial charge in [-0.15, -0.1) is 11.3 Å². The molecular formula is C30H34N8O3S. The number of nitrogens with zero attached hydrogens (tertiary/aromatic N) is 6. The SMILES string of the molecule is C[C@H](Oc1cc(Oc2cncnc2)nc(C(N)=C2CCC[C@@]3(CCCc4sc(N)c(C#N)c43)C2=O)n1)[C@@H]1CCCN1C. The van der Waals surface area contributed by atoms with Crippen LogP contribution in [0.15, 0.2) is 30.4 Å². The van der Waals surface area contributed by atoms with Crippen LogP contribution in [0.1, 0.15) is 73.7 Å². The maximum Gasteiger partial charge on any atom is 0.226 e. The van der Waals surface area contributed by atoms with E-state index in [0.717, 1.165) is 49.1 Å². The van der Waals surface area contributed by atoms with Crippen molar-refractivity contribution < 1.29 is 14.3 Å². The molecule has 1 aliphatic heterocycles. The number of fused-ring (bicyclic) bond motifs is 2. The van der Waals surface area contributed by atoms with Crippen LogP contribution in [-0.2, 0) is 16.6 Å². The van der Waals surface area contributed by atoms with Crippen LogP contribution < -0.4 is 20.9 Å². The molecule has 0 amide bonds. The molecule has 11 nitrogen and oxygen atoms in total. The van der Waals surface area contributed by atoms with Gasteiger partial charge in [-0.2, -0.15) is 15.2 Å². The van der Waals surface area contributed by atoms with Crippen LogP contribution in [0.5, 0.6) is 17.5 Å². The minimum absolute atomic E-state index is 0.0729. The fraction of sp³-hybridized carbons (Fsp3) is 0.467. The third-order valence-electron chi connectivity index (χ3n) is 8.78. The molecule has 4 heterocycles. The summed E-state index contributed by atoms with van der Waals surface area (Å²) in [4.78, 5) is 35.0. The lowest BCUT2D eigenvalue weighted by Crippen LogP contribution is -2.43. The van der Waals surface area contributed by atoms with Gasteiger partial charge in [0.25, 0.3) is 0 Å². The lowest BCUT2D eigenvalue weighted by molar-refractivity contribution is -0.122. The molecule has 4 N–H and O–H groups in total. The number of anilines is 1. The van der Waals surface area contributed by atoms with Gasteiger partial charge in [-0.1, -0.05) is 0 Å². The lowest BCUT2D eigenvalue weighted by Gasteiger charge is -2.40. The van der Waals surface area contributed by atoms with Crippen LogP contribution in [0.3, 0.4) is 0 Å². The summed E-state index contributed by atoms with van der Waals surface area (Å²) in [7, 11) is 2.09. The third-order valence-corrected chi connectivity index (χ3v) is 9.85. The lowest BCUT2D eigenvalue weighted by atomic mass is 9.61. The van der Waals surface area contributed by atoms with E-state index in [1.807, 2.05) is 6.92 Å². The summed E-state index contributed by atoms with van der Waals surface area (Å²) >= 11 is 1.42. The van der Waals surface area contributed by atoms with Crippen LogP contribution in [0.2, 0.25) is 0 Å². The molecule has 0 aromatic carbocycles. The number of carbonyl (C=O) groups is 1. The number of allylic oxidation sites excluding steroid dienone is 1. The summed E-state index contributed by atoms with van der Waals surface area (Å²) in [5.41, 5.74) is 14.1. The van der Waals surface area contributed by atoms with Crippen molar-refractivity contribution in [3.05, 3.63) is 52.2 Å². The number of hydrogen-bond donors (Lipinski definition) is 2. The van der Waals surface area contributed by atoms with Gasteiger partial charge in [-0.25, -0.2) is 9.97 Å². The fourth-order valence-electron chi connectivity index (χ4n) is 6.81. The van der Waals surface area contributed by atoms with Gasteiger partial charge in [0, 0.05) is 16.5 Å². The van der Waals surface area contributed by atoms with Crippen LogP contribution in [0, 0.1) is 11.3 Å². The number of nitrogen functional groups attached to an aromatic ring is 1. The monoisotopic (exact) mass is 586 g/mol. The number of nitrogens with two attached hydrogens (primary N) is 2. The zero-order valence-electron chi connectivity index (χ0n) is 23.8. The number of thiophene rings is 1. The van der Waals surface area contributed by atoms with E-state index in [4.69, 9.17) is 20.9 Å². The Morgan fingerprint density at radius 1 is 1.19 bits per heavy atom. The van der Waals surface area contributed by atoms with Gasteiger partial charge >= 0.3 is 0 Å². The Morgan fingerprint density at radius 3 is 2.64 bits per heavy atom. The first-order valence-corrected chi connectivity index (χ1v) is 15.2. The largest absolute Gasteiger partial charge is 0.473 e. The Bertz CT molecular complexity index is 1580. The molecule has 218 valence electrons. The summed E-state index contributed by atoms with van der Waals surface area (Å²) in [6.07, 6.45) is 10.7. The first kappa shape index (κ1) is 28.1. The third kappa shape index (κ3) is 4.97. The second kappa shape index (κ2) is 11.3. The second-order valence-electron chi connectivity index (χ2n) is 11.3. The van der Waals surface area contributed by atoms with Crippen LogP contribution in [0.4, 0.5) is 5.00 Å². The van der Waals surface area contributed by atoms with E-state index in [9.17, 15) is 10.1 Å². The summed E-state index contributed by atoms with van der Waals surface area (Å²) in [5.74, 6) is 0.989. The first-order valence-electron chi connectivity index (χ1n) is 14.3. The Kier molecular flexibility index (Phi) is 7.55. The Balaban J connectivity index is 1.40. The van der Waals surface area contributed by atoms with Crippen molar-refractivity contribution in [2.24, 2.45) is 5.73 Å². The number of hydrogen-bond acceptors (Lipinski definition) is 12. The summed E-state index contributed by atoms with van der Waals surface area (Å²) in [6, 6.07) is 4.13. The maximum absolute atomic E-state index is 14.4. The number of nitriles is 1. The molecule has 3 aromatic rings. The number of aromatic nitrogens is 4. The van der Waals surface area contributed by atoms with Crippen LogP contribution >= 0.6 is 11.3 Å². The molecule has 2 aliphatic carbocycles. The minimum atomic E-state index is -0.818. The van der Waals surface area contributed by atoms with Crippen molar-refractivity contribution >= 4 is 27.8 Å². The Labute approximate surface area is 248 Å². The number of likely N-dealkylation sites (tertiary alicyclic amines) is 1. The number of aryl methyl sites for hydroxylation is 1. The highest BCUT2D eigenvalue weighted by atomic mass is 32.1. The number of carbonyl (C=O) groups excluding carboxylic acids is 1. The number of ketones is 1. The van der Waals surface area contributed by atoms with Gasteiger partial charge in [0.1, 0.15) is 23.5 Å². The van der Waals surface area contributed by atoms with E-state index >= 15 is 0 Å². The summed E-state index contributed by atoms with van der Waals surface area (Å²) < 4.78 is 12.3. The maximum atomic E-state index is 14.4. The van der Waals surface area contributed by atoms with Crippen molar-refractivity contribution in [2.75, 3.05) is 19.3 Å². The zero-order valence-corrected chi connectivity index (χ0v) is 24.6. The number of rotatable bonds is 6. The van der Waals surface area contributed by atoms with Crippen LogP contribution in [-0.4, -0.2) is 56.4 Å². The highest BCUT2D eigenvalue weighted by Gasteiger charge is 2.49. The molecule has 1 saturated carbocycles. The number of Topliss-reactive ketones (excluding diaryl/α,β-unsaturated/α-hetero) is 1. The van der Waals surface area contributed by atoms with Crippen molar-refractivity contribution in [3.8, 4) is 23.6 Å².